The Kier molecular flexibility index (Phi) is 6.93. The summed E-state index contributed by atoms with van der Waals surface area (Å²) in [5.41, 5.74) is 16.2. The lowest BCUT2D eigenvalue weighted by atomic mass is 9.98. The smallest absolute Gasteiger partial charge is 0.159 e. The minimum atomic E-state index is 0.880. The van der Waals surface area contributed by atoms with Crippen LogP contribution in [0.3, 0.4) is 0 Å². The molecule has 0 amide bonds. The van der Waals surface area contributed by atoms with Crippen LogP contribution in [0.5, 0.6) is 11.5 Å². The second-order valence-electron chi connectivity index (χ2n) is 14.9. The van der Waals surface area contributed by atoms with Crippen molar-refractivity contribution < 1.29 is 4.74 Å². The highest BCUT2D eigenvalue weighted by atomic mass is 16.5. The predicted molar refractivity (Wildman–Crippen MR) is 237 cm³/mol. The van der Waals surface area contributed by atoms with E-state index in [0.717, 1.165) is 50.6 Å². The fourth-order valence-corrected chi connectivity index (χ4v) is 9.05. The molecule has 12 rings (SSSR count). The van der Waals surface area contributed by atoms with Gasteiger partial charge < -0.3 is 13.9 Å². The van der Waals surface area contributed by atoms with Crippen molar-refractivity contribution in [2.45, 2.75) is 0 Å². The maximum atomic E-state index is 6.75. The van der Waals surface area contributed by atoms with Crippen molar-refractivity contribution in [2.24, 2.45) is 0 Å². The summed E-state index contributed by atoms with van der Waals surface area (Å²) < 4.78 is 11.5. The van der Waals surface area contributed by atoms with Gasteiger partial charge in [-0.25, -0.2) is 0 Å². The normalized spacial score (nSPS) is 12.0. The molecule has 0 aliphatic carbocycles. The van der Waals surface area contributed by atoms with E-state index in [1.165, 1.54) is 60.3 Å². The van der Waals surface area contributed by atoms with E-state index in [2.05, 4.69) is 215 Å². The summed E-state index contributed by atoms with van der Waals surface area (Å²) >= 11 is 0. The van der Waals surface area contributed by atoms with Crippen LogP contribution in [0, 0.1) is 0 Å². The zero-order chi connectivity index (χ0) is 37.5. The van der Waals surface area contributed by atoms with Crippen LogP contribution in [0.1, 0.15) is 0 Å². The number of para-hydroxylation sites is 3. The van der Waals surface area contributed by atoms with Gasteiger partial charge in [-0.2, -0.15) is 0 Å². The van der Waals surface area contributed by atoms with Crippen LogP contribution in [0.4, 0.5) is 0 Å². The van der Waals surface area contributed by atoms with E-state index in [1.807, 2.05) is 0 Å². The fraction of sp³-hybridized carbons (Fsp3) is 0. The van der Waals surface area contributed by atoms with Crippen LogP contribution in [0.25, 0.3) is 99.5 Å². The first-order valence-electron chi connectivity index (χ1n) is 19.5. The number of fused-ring (bicyclic) bond motifs is 8. The highest BCUT2D eigenvalue weighted by Gasteiger charge is 2.26. The van der Waals surface area contributed by atoms with Gasteiger partial charge in [0.15, 0.2) is 11.5 Å². The summed E-state index contributed by atoms with van der Waals surface area (Å²) in [6.45, 7) is 0. The van der Waals surface area contributed by atoms with Crippen molar-refractivity contribution in [3.05, 3.63) is 206 Å². The molecule has 0 N–H and O–H groups in total. The standard InChI is InChI=1S/C54H34N2O/c1-3-12-35(13-4-1)40-28-30-49-46(33-40)47-34-41(36-14-5-2-6-15-36)29-31-50(47)55(49)42-17-9-16-39(32-42)37-24-26-38(27-25-37)43-19-10-22-51-54(43)57-52-23-11-20-45-44-18-7-8-21-48(44)56(51)53(45)52/h1-34H. The van der Waals surface area contributed by atoms with Gasteiger partial charge in [0.05, 0.1) is 27.8 Å². The van der Waals surface area contributed by atoms with Crippen molar-refractivity contribution in [3.8, 4) is 67.4 Å². The van der Waals surface area contributed by atoms with Crippen molar-refractivity contribution in [1.29, 1.82) is 0 Å². The molecule has 0 saturated carbocycles. The van der Waals surface area contributed by atoms with E-state index in [-0.39, 0.29) is 0 Å². The molecule has 0 fully saturated rings. The minimum absolute atomic E-state index is 0.880. The Hall–Kier alpha value is -7.62. The van der Waals surface area contributed by atoms with Gasteiger partial charge in [0.2, 0.25) is 0 Å². The number of benzene rings is 9. The average Bonchev–Trinajstić information content (AvgIpc) is 3.80. The van der Waals surface area contributed by atoms with Gasteiger partial charge in [-0.05, 0) is 93.5 Å². The number of aromatic nitrogens is 2. The second kappa shape index (κ2) is 12.5. The van der Waals surface area contributed by atoms with Gasteiger partial charge >= 0.3 is 0 Å². The lowest BCUT2D eigenvalue weighted by Crippen LogP contribution is -2.05. The lowest BCUT2D eigenvalue weighted by molar-refractivity contribution is 0.478. The highest BCUT2D eigenvalue weighted by Crippen LogP contribution is 2.49. The molecule has 3 heteroatoms. The van der Waals surface area contributed by atoms with Crippen LogP contribution in [-0.4, -0.2) is 9.13 Å². The van der Waals surface area contributed by atoms with E-state index < -0.39 is 0 Å². The third kappa shape index (κ3) is 4.92. The summed E-state index contributed by atoms with van der Waals surface area (Å²) in [5, 5.41) is 4.92. The quantitative estimate of drug-likeness (QED) is 0.173. The maximum Gasteiger partial charge on any atom is 0.159 e. The Balaban J connectivity index is 0.953. The SMILES string of the molecule is c1ccc(-c2ccc3c(c2)c2cc(-c4ccccc4)ccc2n3-c2cccc(-c3ccc(-c4cccc5c4Oc4cccc6c7ccccc7n-5c46)cc3)c2)cc1. The molecular formula is C54H34N2O. The largest absolute Gasteiger partial charge is 0.452 e. The minimum Gasteiger partial charge on any atom is -0.452 e. The number of hydrogen-bond acceptors (Lipinski definition) is 1. The summed E-state index contributed by atoms with van der Waals surface area (Å²) in [5.74, 6) is 1.76. The van der Waals surface area contributed by atoms with E-state index in [0.29, 0.717) is 0 Å². The molecule has 2 aromatic heterocycles. The Morgan fingerprint density at radius 2 is 0.842 bits per heavy atom. The number of rotatable bonds is 5. The van der Waals surface area contributed by atoms with Gasteiger partial charge in [0.25, 0.3) is 0 Å². The zero-order valence-corrected chi connectivity index (χ0v) is 30.9. The predicted octanol–water partition coefficient (Wildman–Crippen LogP) is 14.7. The third-order valence-electron chi connectivity index (χ3n) is 11.7. The van der Waals surface area contributed by atoms with Crippen LogP contribution < -0.4 is 4.74 Å². The molecule has 0 spiro atoms. The first kappa shape index (κ1) is 31.7. The van der Waals surface area contributed by atoms with Gasteiger partial charge in [-0.1, -0.05) is 152 Å². The van der Waals surface area contributed by atoms with Crippen molar-refractivity contribution in [1.82, 2.24) is 9.13 Å². The second-order valence-corrected chi connectivity index (χ2v) is 14.9. The molecule has 3 heterocycles. The monoisotopic (exact) mass is 726 g/mol. The maximum absolute atomic E-state index is 6.75. The first-order chi connectivity index (χ1) is 28.3. The van der Waals surface area contributed by atoms with E-state index in [4.69, 9.17) is 4.74 Å². The van der Waals surface area contributed by atoms with E-state index in [9.17, 15) is 0 Å². The molecule has 1 aliphatic heterocycles. The Bertz CT molecular complexity index is 3260. The third-order valence-corrected chi connectivity index (χ3v) is 11.7. The summed E-state index contributed by atoms with van der Waals surface area (Å²) in [7, 11) is 0. The highest BCUT2D eigenvalue weighted by molar-refractivity contribution is 6.13. The van der Waals surface area contributed by atoms with E-state index >= 15 is 0 Å². The first-order valence-corrected chi connectivity index (χ1v) is 19.5. The van der Waals surface area contributed by atoms with Gasteiger partial charge in [-0.3, -0.25) is 0 Å². The summed E-state index contributed by atoms with van der Waals surface area (Å²) in [6.07, 6.45) is 0. The average molecular weight is 727 g/mol. The molecule has 57 heavy (non-hydrogen) atoms. The Morgan fingerprint density at radius 1 is 0.316 bits per heavy atom. The van der Waals surface area contributed by atoms with Crippen LogP contribution in [0.15, 0.2) is 206 Å². The fourth-order valence-electron chi connectivity index (χ4n) is 9.05. The molecule has 1 aliphatic rings. The van der Waals surface area contributed by atoms with Crippen LogP contribution in [-0.2, 0) is 0 Å². The summed E-state index contributed by atoms with van der Waals surface area (Å²) in [4.78, 5) is 0. The number of hydrogen-bond donors (Lipinski definition) is 0. The molecule has 0 radical (unpaired) electrons. The molecule has 0 bridgehead atoms. The van der Waals surface area contributed by atoms with Crippen LogP contribution >= 0.6 is 0 Å². The zero-order valence-electron chi connectivity index (χ0n) is 30.9. The number of nitrogens with zero attached hydrogens (tertiary/aromatic N) is 2. The van der Waals surface area contributed by atoms with Crippen molar-refractivity contribution in [3.63, 3.8) is 0 Å². The Labute approximate surface area is 329 Å². The van der Waals surface area contributed by atoms with Crippen molar-refractivity contribution in [2.75, 3.05) is 0 Å². The molecule has 0 saturated heterocycles. The topological polar surface area (TPSA) is 19.1 Å². The molecule has 266 valence electrons. The number of ether oxygens (including phenoxy) is 1. The molecule has 11 aromatic rings. The van der Waals surface area contributed by atoms with Gasteiger partial charge in [-0.15, -0.1) is 0 Å². The van der Waals surface area contributed by atoms with Crippen LogP contribution in [0.2, 0.25) is 0 Å². The molecule has 0 atom stereocenters. The summed E-state index contributed by atoms with van der Waals surface area (Å²) in [6, 6.07) is 74.4. The Morgan fingerprint density at radius 3 is 1.56 bits per heavy atom. The molecular weight excluding hydrogens is 693 g/mol. The van der Waals surface area contributed by atoms with Gasteiger partial charge in [0, 0.05) is 32.8 Å². The van der Waals surface area contributed by atoms with Gasteiger partial charge in [0.1, 0.15) is 0 Å². The van der Waals surface area contributed by atoms with E-state index in [1.54, 1.807) is 0 Å². The lowest BCUT2D eigenvalue weighted by Gasteiger charge is -2.23. The molecule has 9 aromatic carbocycles. The molecule has 3 nitrogen and oxygen atoms in total. The van der Waals surface area contributed by atoms with Crippen molar-refractivity contribution >= 4 is 43.6 Å². The molecule has 0 unspecified atom stereocenters.